The summed E-state index contributed by atoms with van der Waals surface area (Å²) in [6.07, 6.45) is -0.401. The molecule has 0 saturated carbocycles. The van der Waals surface area contributed by atoms with Crippen molar-refractivity contribution >= 4 is 5.97 Å². The van der Waals surface area contributed by atoms with Crippen molar-refractivity contribution in [2.45, 2.75) is 45.9 Å². The van der Waals surface area contributed by atoms with E-state index in [2.05, 4.69) is 5.32 Å². The first-order valence-corrected chi connectivity index (χ1v) is 5.59. The molecule has 1 aliphatic rings. The molecule has 0 aromatic heterocycles. The van der Waals surface area contributed by atoms with Crippen LogP contribution in [0, 0.1) is 11.8 Å². The van der Waals surface area contributed by atoms with Gasteiger partial charge < -0.3 is 15.2 Å². The van der Waals surface area contributed by atoms with Crippen molar-refractivity contribution < 1.29 is 14.6 Å². The Bertz CT molecular complexity index is 230. The number of aliphatic hydroxyl groups excluding tert-OH is 1. The molecule has 0 aromatic rings. The highest BCUT2D eigenvalue weighted by atomic mass is 16.5. The van der Waals surface area contributed by atoms with Gasteiger partial charge in [-0.1, -0.05) is 6.92 Å². The lowest BCUT2D eigenvalue weighted by atomic mass is 9.85. The molecule has 0 spiro atoms. The number of nitrogens with one attached hydrogen (secondary N) is 1. The Hall–Kier alpha value is -0.610. The zero-order chi connectivity index (χ0) is 11.6. The average molecular weight is 215 g/mol. The van der Waals surface area contributed by atoms with Gasteiger partial charge in [-0.3, -0.25) is 4.79 Å². The number of ether oxygens (including phenoxy) is 1. The van der Waals surface area contributed by atoms with Gasteiger partial charge in [0.05, 0.1) is 12.7 Å². The smallest absolute Gasteiger partial charge is 0.323 e. The van der Waals surface area contributed by atoms with E-state index in [-0.39, 0.29) is 29.9 Å². The maximum atomic E-state index is 11.6. The van der Waals surface area contributed by atoms with Crippen LogP contribution in [-0.2, 0) is 9.53 Å². The van der Waals surface area contributed by atoms with E-state index in [1.807, 2.05) is 13.8 Å². The molecule has 1 rings (SSSR count). The first-order valence-electron chi connectivity index (χ1n) is 5.59. The SMILES string of the molecule is CCOC(=O)[C@@H]1N[C@H](C)[C@@H]([C@@H](C)O)[C@@H]1C. The van der Waals surface area contributed by atoms with Crippen molar-refractivity contribution in [2.75, 3.05) is 6.61 Å². The Morgan fingerprint density at radius 2 is 2.13 bits per heavy atom. The molecule has 0 amide bonds. The Kier molecular flexibility index (Phi) is 4.11. The molecule has 0 unspecified atom stereocenters. The molecule has 5 atom stereocenters. The summed E-state index contributed by atoms with van der Waals surface area (Å²) in [6, 6.07) is -0.131. The van der Waals surface area contributed by atoms with Crippen LogP contribution in [0.3, 0.4) is 0 Å². The maximum Gasteiger partial charge on any atom is 0.323 e. The third-order valence-corrected chi connectivity index (χ3v) is 3.25. The molecule has 2 N–H and O–H groups in total. The first-order chi connectivity index (χ1) is 6.99. The molecule has 1 aliphatic heterocycles. The summed E-state index contributed by atoms with van der Waals surface area (Å²) in [5.74, 6) is 0.0125. The molecular weight excluding hydrogens is 194 g/mol. The molecule has 0 aromatic carbocycles. The van der Waals surface area contributed by atoms with Crippen LogP contribution in [0.5, 0.6) is 0 Å². The Morgan fingerprint density at radius 1 is 1.53 bits per heavy atom. The van der Waals surface area contributed by atoms with Crippen LogP contribution in [0.2, 0.25) is 0 Å². The van der Waals surface area contributed by atoms with Gasteiger partial charge in [-0.05, 0) is 26.7 Å². The minimum absolute atomic E-state index is 0.110. The fourth-order valence-corrected chi connectivity index (χ4v) is 2.60. The Labute approximate surface area is 91.0 Å². The highest BCUT2D eigenvalue weighted by Gasteiger charge is 2.44. The van der Waals surface area contributed by atoms with Crippen LogP contribution in [0.15, 0.2) is 0 Å². The zero-order valence-corrected chi connectivity index (χ0v) is 9.86. The van der Waals surface area contributed by atoms with Crippen LogP contribution in [0.25, 0.3) is 0 Å². The fourth-order valence-electron chi connectivity index (χ4n) is 2.60. The van der Waals surface area contributed by atoms with Crippen molar-refractivity contribution in [2.24, 2.45) is 11.8 Å². The average Bonchev–Trinajstić information content (AvgIpc) is 2.42. The van der Waals surface area contributed by atoms with Crippen LogP contribution in [0.1, 0.15) is 27.7 Å². The summed E-state index contributed by atoms with van der Waals surface area (Å²) < 4.78 is 4.99. The highest BCUT2D eigenvalue weighted by molar-refractivity contribution is 5.76. The second-order valence-corrected chi connectivity index (χ2v) is 4.36. The number of carbonyl (C=O) groups is 1. The summed E-state index contributed by atoms with van der Waals surface area (Å²) in [4.78, 5) is 11.6. The summed E-state index contributed by atoms with van der Waals surface area (Å²) in [6.45, 7) is 7.94. The second-order valence-electron chi connectivity index (χ2n) is 4.36. The minimum atomic E-state index is -0.401. The molecule has 88 valence electrons. The van der Waals surface area contributed by atoms with Gasteiger partial charge in [0.2, 0.25) is 0 Å². The van der Waals surface area contributed by atoms with Gasteiger partial charge in [0.25, 0.3) is 0 Å². The van der Waals surface area contributed by atoms with Gasteiger partial charge in [-0.25, -0.2) is 0 Å². The molecule has 1 heterocycles. The maximum absolute atomic E-state index is 11.6. The molecule has 0 bridgehead atoms. The van der Waals surface area contributed by atoms with Crippen molar-refractivity contribution in [3.8, 4) is 0 Å². The predicted octanol–water partition coefficient (Wildman–Crippen LogP) is 0.543. The summed E-state index contributed by atoms with van der Waals surface area (Å²) in [5, 5.41) is 12.8. The van der Waals surface area contributed by atoms with Gasteiger partial charge in [-0.2, -0.15) is 0 Å². The Morgan fingerprint density at radius 3 is 2.53 bits per heavy atom. The van der Waals surface area contributed by atoms with Crippen LogP contribution in [-0.4, -0.2) is 35.9 Å². The van der Waals surface area contributed by atoms with E-state index in [0.717, 1.165) is 0 Å². The number of hydrogen-bond acceptors (Lipinski definition) is 4. The third kappa shape index (κ3) is 2.49. The van der Waals surface area contributed by atoms with E-state index >= 15 is 0 Å². The third-order valence-electron chi connectivity index (χ3n) is 3.25. The van der Waals surface area contributed by atoms with E-state index < -0.39 is 6.10 Å². The van der Waals surface area contributed by atoms with Crippen LogP contribution in [0.4, 0.5) is 0 Å². The highest BCUT2D eigenvalue weighted by Crippen LogP contribution is 2.30. The van der Waals surface area contributed by atoms with Crippen molar-refractivity contribution in [3.63, 3.8) is 0 Å². The van der Waals surface area contributed by atoms with Crippen molar-refractivity contribution in [1.29, 1.82) is 0 Å². The quantitative estimate of drug-likeness (QED) is 0.675. The Balaban J connectivity index is 2.68. The first kappa shape index (κ1) is 12.5. The van der Waals surface area contributed by atoms with E-state index in [0.29, 0.717) is 6.61 Å². The molecule has 1 saturated heterocycles. The lowest BCUT2D eigenvalue weighted by molar-refractivity contribution is -0.146. The topological polar surface area (TPSA) is 58.6 Å². The van der Waals surface area contributed by atoms with Crippen LogP contribution < -0.4 is 5.32 Å². The normalized spacial score (nSPS) is 37.7. The number of hydrogen-bond donors (Lipinski definition) is 2. The van der Waals surface area contributed by atoms with Gasteiger partial charge in [0.1, 0.15) is 6.04 Å². The van der Waals surface area contributed by atoms with Crippen molar-refractivity contribution in [1.82, 2.24) is 5.32 Å². The molecule has 4 nitrogen and oxygen atoms in total. The molecule has 1 fully saturated rings. The number of rotatable bonds is 3. The second kappa shape index (κ2) is 4.94. The van der Waals surface area contributed by atoms with Crippen LogP contribution >= 0.6 is 0 Å². The van der Waals surface area contributed by atoms with Gasteiger partial charge in [0, 0.05) is 12.0 Å². The summed E-state index contributed by atoms with van der Waals surface area (Å²) in [7, 11) is 0. The standard InChI is InChI=1S/C11H21NO3/c1-5-15-11(14)10-6(2)9(8(4)13)7(3)12-10/h6-10,12-13H,5H2,1-4H3/t6-,7+,8+,9-,10+/m0/s1. The fraction of sp³-hybridized carbons (Fsp3) is 0.909. The summed E-state index contributed by atoms with van der Waals surface area (Å²) >= 11 is 0. The molecule has 0 radical (unpaired) electrons. The van der Waals surface area contributed by atoms with Gasteiger partial charge >= 0.3 is 5.97 Å². The van der Waals surface area contributed by atoms with Gasteiger partial charge in [-0.15, -0.1) is 0 Å². The minimum Gasteiger partial charge on any atom is -0.465 e. The van der Waals surface area contributed by atoms with E-state index in [4.69, 9.17) is 4.74 Å². The lowest BCUT2D eigenvalue weighted by Crippen LogP contribution is -2.38. The monoisotopic (exact) mass is 215 g/mol. The van der Waals surface area contributed by atoms with E-state index in [9.17, 15) is 9.90 Å². The predicted molar refractivity (Wildman–Crippen MR) is 57.4 cm³/mol. The number of carbonyl (C=O) groups excluding carboxylic acids is 1. The molecular formula is C11H21NO3. The molecule has 15 heavy (non-hydrogen) atoms. The zero-order valence-electron chi connectivity index (χ0n) is 9.86. The van der Waals surface area contributed by atoms with Crippen molar-refractivity contribution in [3.05, 3.63) is 0 Å². The number of aliphatic hydroxyl groups is 1. The number of esters is 1. The molecule has 4 heteroatoms. The largest absolute Gasteiger partial charge is 0.465 e. The van der Waals surface area contributed by atoms with E-state index in [1.54, 1.807) is 13.8 Å². The molecule has 0 aliphatic carbocycles. The van der Waals surface area contributed by atoms with Gasteiger partial charge in [0.15, 0.2) is 0 Å². The lowest BCUT2D eigenvalue weighted by Gasteiger charge is -2.22. The van der Waals surface area contributed by atoms with E-state index in [1.165, 1.54) is 0 Å². The summed E-state index contributed by atoms with van der Waals surface area (Å²) in [5.41, 5.74) is 0.